The fraction of sp³-hybridized carbons (Fsp3) is 0.250. The first kappa shape index (κ1) is 11.7. The van der Waals surface area contributed by atoms with Crippen LogP contribution in [0.3, 0.4) is 0 Å². The summed E-state index contributed by atoms with van der Waals surface area (Å²) in [7, 11) is 0. The molecular formula is C12H11N3O. The van der Waals surface area contributed by atoms with Gasteiger partial charge in [0.15, 0.2) is 0 Å². The summed E-state index contributed by atoms with van der Waals surface area (Å²) in [5, 5.41) is 20.2. The maximum absolute atomic E-state index is 11.7. The van der Waals surface area contributed by atoms with Crippen LogP contribution in [0.1, 0.15) is 19.4 Å². The lowest BCUT2D eigenvalue weighted by Crippen LogP contribution is -2.29. The number of nitrogens with one attached hydrogen (secondary N) is 1. The van der Waals surface area contributed by atoms with Crippen LogP contribution in [0.5, 0.6) is 0 Å². The molecule has 0 aromatic heterocycles. The number of hydrogen-bond donors (Lipinski definition) is 1. The standard InChI is InChI=1S/C12H11N3O/c1-12(2,8-14)11(16)15-10-6-4-3-5-9(10)7-13/h3-6H,1-2H3,(H,15,16). The average Bonchev–Trinajstić information content (AvgIpc) is 2.29. The number of rotatable bonds is 2. The Morgan fingerprint density at radius 1 is 1.31 bits per heavy atom. The van der Waals surface area contributed by atoms with Crippen molar-refractivity contribution in [3.63, 3.8) is 0 Å². The highest BCUT2D eigenvalue weighted by atomic mass is 16.2. The van der Waals surface area contributed by atoms with Crippen molar-refractivity contribution in [1.29, 1.82) is 10.5 Å². The second-order valence-corrected chi connectivity index (χ2v) is 3.85. The van der Waals surface area contributed by atoms with Crippen LogP contribution >= 0.6 is 0 Å². The molecule has 4 nitrogen and oxygen atoms in total. The molecule has 0 unspecified atom stereocenters. The van der Waals surface area contributed by atoms with E-state index in [4.69, 9.17) is 10.5 Å². The van der Waals surface area contributed by atoms with E-state index >= 15 is 0 Å². The summed E-state index contributed by atoms with van der Waals surface area (Å²) >= 11 is 0. The van der Waals surface area contributed by atoms with E-state index in [9.17, 15) is 4.79 Å². The lowest BCUT2D eigenvalue weighted by atomic mass is 9.94. The number of anilines is 1. The summed E-state index contributed by atoms with van der Waals surface area (Å²) < 4.78 is 0. The van der Waals surface area contributed by atoms with Crippen molar-refractivity contribution >= 4 is 11.6 Å². The molecule has 0 aliphatic carbocycles. The van der Waals surface area contributed by atoms with Gasteiger partial charge in [-0.3, -0.25) is 4.79 Å². The van der Waals surface area contributed by atoms with Crippen LogP contribution in [0, 0.1) is 28.1 Å². The molecule has 4 heteroatoms. The average molecular weight is 213 g/mol. The zero-order chi connectivity index (χ0) is 12.2. The van der Waals surface area contributed by atoms with Gasteiger partial charge in [0.1, 0.15) is 11.5 Å². The third-order valence-corrected chi connectivity index (χ3v) is 2.14. The van der Waals surface area contributed by atoms with E-state index in [0.29, 0.717) is 11.3 Å². The maximum Gasteiger partial charge on any atom is 0.244 e. The molecule has 80 valence electrons. The molecule has 0 saturated heterocycles. The molecule has 1 aromatic carbocycles. The topological polar surface area (TPSA) is 76.7 Å². The van der Waals surface area contributed by atoms with Gasteiger partial charge in [0, 0.05) is 0 Å². The normalized spacial score (nSPS) is 10.0. The number of carbonyl (C=O) groups is 1. The molecule has 0 atom stereocenters. The number of benzene rings is 1. The Morgan fingerprint density at radius 3 is 2.50 bits per heavy atom. The van der Waals surface area contributed by atoms with Gasteiger partial charge >= 0.3 is 0 Å². The van der Waals surface area contributed by atoms with Gasteiger partial charge in [-0.2, -0.15) is 10.5 Å². The lowest BCUT2D eigenvalue weighted by molar-refractivity contribution is -0.121. The van der Waals surface area contributed by atoms with Crippen molar-refractivity contribution < 1.29 is 4.79 Å². The number of nitrogens with zero attached hydrogens (tertiary/aromatic N) is 2. The minimum absolute atomic E-state index is 0.379. The molecular weight excluding hydrogens is 202 g/mol. The molecule has 1 aromatic rings. The van der Waals surface area contributed by atoms with Gasteiger partial charge in [-0.15, -0.1) is 0 Å². The first-order chi connectivity index (χ1) is 7.51. The first-order valence-electron chi connectivity index (χ1n) is 4.73. The van der Waals surface area contributed by atoms with Crippen molar-refractivity contribution in [2.75, 3.05) is 5.32 Å². The van der Waals surface area contributed by atoms with Gasteiger partial charge in [0.05, 0.1) is 17.3 Å². The molecule has 1 amide bonds. The maximum atomic E-state index is 11.7. The van der Waals surface area contributed by atoms with Crippen LogP contribution in [0.2, 0.25) is 0 Å². The Hall–Kier alpha value is -2.33. The molecule has 16 heavy (non-hydrogen) atoms. The Balaban J connectivity index is 2.96. The number of hydrogen-bond acceptors (Lipinski definition) is 3. The second-order valence-electron chi connectivity index (χ2n) is 3.85. The van der Waals surface area contributed by atoms with Gasteiger partial charge in [-0.25, -0.2) is 0 Å². The van der Waals surface area contributed by atoms with Crippen molar-refractivity contribution in [2.45, 2.75) is 13.8 Å². The molecule has 1 N–H and O–H groups in total. The molecule has 0 aliphatic heterocycles. The van der Waals surface area contributed by atoms with Crippen LogP contribution < -0.4 is 5.32 Å². The smallest absolute Gasteiger partial charge is 0.244 e. The summed E-state index contributed by atoms with van der Waals surface area (Å²) in [6.45, 7) is 3.05. The predicted molar refractivity (Wildman–Crippen MR) is 59.2 cm³/mol. The van der Waals surface area contributed by atoms with Crippen LogP contribution in [0.4, 0.5) is 5.69 Å². The van der Waals surface area contributed by atoms with E-state index in [1.165, 1.54) is 13.8 Å². The Bertz CT molecular complexity index is 492. The van der Waals surface area contributed by atoms with E-state index in [2.05, 4.69) is 5.32 Å². The largest absolute Gasteiger partial charge is 0.324 e. The molecule has 0 spiro atoms. The molecule has 0 heterocycles. The third kappa shape index (κ3) is 2.37. The summed E-state index contributed by atoms with van der Waals surface area (Å²) in [4.78, 5) is 11.7. The summed E-state index contributed by atoms with van der Waals surface area (Å²) in [6, 6.07) is 10.5. The Labute approximate surface area is 94.1 Å². The van der Waals surface area contributed by atoms with Crippen LogP contribution in [-0.4, -0.2) is 5.91 Å². The SMILES string of the molecule is CC(C)(C#N)C(=O)Nc1ccccc1C#N. The van der Waals surface area contributed by atoms with Crippen LogP contribution in [0.25, 0.3) is 0 Å². The molecule has 0 fully saturated rings. The predicted octanol–water partition coefficient (Wildman–Crippen LogP) is 2.05. The van der Waals surface area contributed by atoms with Gasteiger partial charge in [-0.1, -0.05) is 12.1 Å². The van der Waals surface area contributed by atoms with E-state index < -0.39 is 11.3 Å². The number of amides is 1. The monoisotopic (exact) mass is 213 g/mol. The van der Waals surface area contributed by atoms with E-state index in [-0.39, 0.29) is 0 Å². The highest BCUT2D eigenvalue weighted by molar-refractivity contribution is 5.97. The first-order valence-corrected chi connectivity index (χ1v) is 4.73. The lowest BCUT2D eigenvalue weighted by Gasteiger charge is -2.15. The van der Waals surface area contributed by atoms with Crippen molar-refractivity contribution in [3.05, 3.63) is 29.8 Å². The zero-order valence-corrected chi connectivity index (χ0v) is 9.11. The summed E-state index contributed by atoms with van der Waals surface area (Å²) in [5.74, 6) is -0.419. The number of para-hydroxylation sites is 1. The Morgan fingerprint density at radius 2 is 1.94 bits per heavy atom. The van der Waals surface area contributed by atoms with Gasteiger partial charge in [-0.05, 0) is 26.0 Å². The number of nitriles is 2. The van der Waals surface area contributed by atoms with Gasteiger partial charge in [0.2, 0.25) is 5.91 Å². The molecule has 0 saturated carbocycles. The Kier molecular flexibility index (Phi) is 3.27. The minimum Gasteiger partial charge on any atom is -0.324 e. The highest BCUT2D eigenvalue weighted by Crippen LogP contribution is 2.19. The van der Waals surface area contributed by atoms with Gasteiger partial charge in [0.25, 0.3) is 0 Å². The number of carbonyl (C=O) groups excluding carboxylic acids is 1. The highest BCUT2D eigenvalue weighted by Gasteiger charge is 2.27. The fourth-order valence-corrected chi connectivity index (χ4v) is 1.02. The zero-order valence-electron chi connectivity index (χ0n) is 9.11. The molecule has 0 radical (unpaired) electrons. The van der Waals surface area contributed by atoms with E-state index in [1.54, 1.807) is 24.3 Å². The minimum atomic E-state index is -1.11. The van der Waals surface area contributed by atoms with Crippen LogP contribution in [-0.2, 0) is 4.79 Å². The molecule has 0 bridgehead atoms. The van der Waals surface area contributed by atoms with Gasteiger partial charge < -0.3 is 5.32 Å². The second kappa shape index (κ2) is 4.46. The quantitative estimate of drug-likeness (QED) is 0.816. The fourth-order valence-electron chi connectivity index (χ4n) is 1.02. The van der Waals surface area contributed by atoms with Crippen molar-refractivity contribution in [1.82, 2.24) is 0 Å². The van der Waals surface area contributed by atoms with Crippen LogP contribution in [0.15, 0.2) is 24.3 Å². The van der Waals surface area contributed by atoms with E-state index in [0.717, 1.165) is 0 Å². The summed E-state index contributed by atoms with van der Waals surface area (Å²) in [5.41, 5.74) is -0.300. The summed E-state index contributed by atoms with van der Waals surface area (Å²) in [6.07, 6.45) is 0. The molecule has 1 rings (SSSR count). The molecule has 0 aliphatic rings. The van der Waals surface area contributed by atoms with E-state index in [1.807, 2.05) is 12.1 Å². The van der Waals surface area contributed by atoms with Crippen molar-refractivity contribution in [2.24, 2.45) is 5.41 Å². The van der Waals surface area contributed by atoms with Crippen molar-refractivity contribution in [3.8, 4) is 12.1 Å². The third-order valence-electron chi connectivity index (χ3n) is 2.14.